The quantitative estimate of drug-likeness (QED) is 0.569. The van der Waals surface area contributed by atoms with Crippen molar-refractivity contribution in [1.29, 1.82) is 0 Å². The van der Waals surface area contributed by atoms with Crippen molar-refractivity contribution >= 4 is 38.2 Å². The lowest BCUT2D eigenvalue weighted by atomic mass is 9.65. The Kier molecular flexibility index (Phi) is 6.54. The maximum Gasteiger partial charge on any atom is 0.256 e. The molecule has 0 radical (unpaired) electrons. The number of rotatable bonds is 6. The predicted molar refractivity (Wildman–Crippen MR) is 145 cm³/mol. The minimum Gasteiger partial charge on any atom is -0.365 e. The van der Waals surface area contributed by atoms with Crippen molar-refractivity contribution in [3.05, 3.63) is 45.8 Å². The Morgan fingerprint density at radius 3 is 2.51 bits per heavy atom. The van der Waals surface area contributed by atoms with Gasteiger partial charge in [0.15, 0.2) is 0 Å². The average Bonchev–Trinajstić information content (AvgIpc) is 3.31. The average molecular weight is 545 g/mol. The number of benzene rings is 1. The van der Waals surface area contributed by atoms with Crippen molar-refractivity contribution in [2.45, 2.75) is 70.9 Å². The lowest BCUT2D eigenvalue weighted by molar-refractivity contribution is 0.0999. The van der Waals surface area contributed by atoms with Crippen LogP contribution in [0.1, 0.15) is 78.1 Å². The molecule has 1 aliphatic carbocycles. The largest absolute Gasteiger partial charge is 0.365 e. The first-order valence-corrected chi connectivity index (χ1v) is 15.2. The summed E-state index contributed by atoms with van der Waals surface area (Å²) >= 11 is 1.39. The van der Waals surface area contributed by atoms with Gasteiger partial charge in [0.2, 0.25) is 10.0 Å². The summed E-state index contributed by atoms with van der Waals surface area (Å²) in [6.07, 6.45) is 3.47. The van der Waals surface area contributed by atoms with E-state index in [2.05, 4.69) is 37.9 Å². The Morgan fingerprint density at radius 2 is 1.86 bits per heavy atom. The summed E-state index contributed by atoms with van der Waals surface area (Å²) < 4.78 is 28.8. The number of likely N-dealkylation sites (N-methyl/N-ethyl adjacent to an activating group) is 1. The van der Waals surface area contributed by atoms with Gasteiger partial charge < -0.3 is 11.1 Å². The van der Waals surface area contributed by atoms with Gasteiger partial charge in [-0.05, 0) is 72.9 Å². The lowest BCUT2D eigenvalue weighted by Gasteiger charge is -2.39. The molecule has 2 amide bonds. The van der Waals surface area contributed by atoms with E-state index >= 15 is 0 Å². The fraction of sp³-hybridized carbons (Fsp3) is 0.556. The van der Waals surface area contributed by atoms with Gasteiger partial charge in [-0.3, -0.25) is 14.5 Å². The molecule has 2 fully saturated rings. The third kappa shape index (κ3) is 4.84. The summed E-state index contributed by atoms with van der Waals surface area (Å²) in [6, 6.07) is 6.09. The normalized spacial score (nSPS) is 25.6. The van der Waals surface area contributed by atoms with Crippen LogP contribution in [0.5, 0.6) is 0 Å². The van der Waals surface area contributed by atoms with Crippen LogP contribution in [0.2, 0.25) is 0 Å². The zero-order valence-electron chi connectivity index (χ0n) is 22.0. The number of amides is 2. The molecule has 3 aliphatic rings. The Hall–Kier alpha value is -2.27. The lowest BCUT2D eigenvalue weighted by Crippen LogP contribution is -2.37. The van der Waals surface area contributed by atoms with Crippen LogP contribution in [0.3, 0.4) is 0 Å². The van der Waals surface area contributed by atoms with E-state index in [9.17, 15) is 18.0 Å². The number of primary amides is 1. The van der Waals surface area contributed by atoms with Gasteiger partial charge in [0.25, 0.3) is 11.8 Å². The Bertz CT molecular complexity index is 1350. The van der Waals surface area contributed by atoms with Gasteiger partial charge in [-0.15, -0.1) is 11.3 Å². The molecule has 10 heteroatoms. The van der Waals surface area contributed by atoms with Crippen LogP contribution in [-0.4, -0.2) is 55.1 Å². The number of carbonyl (C=O) groups is 2. The number of fused-ring (bicyclic) bond motifs is 3. The molecule has 2 atom stereocenters. The number of nitrogens with zero attached hydrogens (tertiary/aromatic N) is 2. The first-order valence-electron chi connectivity index (χ1n) is 12.9. The molecule has 1 saturated carbocycles. The topological polar surface area (TPSA) is 113 Å². The van der Waals surface area contributed by atoms with Crippen LogP contribution < -0.4 is 11.1 Å². The molecule has 200 valence electrons. The van der Waals surface area contributed by atoms with E-state index < -0.39 is 21.8 Å². The zero-order valence-corrected chi connectivity index (χ0v) is 23.6. The van der Waals surface area contributed by atoms with E-state index in [1.165, 1.54) is 35.6 Å². The molecule has 5 rings (SSSR count). The number of thiophene rings is 1. The van der Waals surface area contributed by atoms with Gasteiger partial charge in [-0.25, -0.2) is 8.42 Å². The maximum absolute atomic E-state index is 13.6. The molecular formula is C27H36N4O4S2. The SMILES string of the molecule is CCN1CCc2c(sc(NC(=O)c3ccc(S(=O)(=O)N4C[C@]5(C)C[C@@H]4CC(C)(C)C5)cc3)c2C(N)=O)C1. The molecule has 0 spiro atoms. The molecule has 0 unspecified atom stereocenters. The summed E-state index contributed by atoms with van der Waals surface area (Å²) in [4.78, 5) is 28.8. The highest BCUT2D eigenvalue weighted by atomic mass is 32.2. The number of hydrogen-bond donors (Lipinski definition) is 2. The van der Waals surface area contributed by atoms with Crippen LogP contribution in [0.4, 0.5) is 5.00 Å². The maximum atomic E-state index is 13.6. The second-order valence-corrected chi connectivity index (χ2v) is 14.9. The second-order valence-electron chi connectivity index (χ2n) is 11.9. The molecular weight excluding hydrogens is 508 g/mol. The highest BCUT2D eigenvalue weighted by molar-refractivity contribution is 7.89. The second kappa shape index (κ2) is 9.18. The first kappa shape index (κ1) is 26.3. The molecule has 3 N–H and O–H groups in total. The minimum absolute atomic E-state index is 0.00226. The van der Waals surface area contributed by atoms with E-state index in [0.717, 1.165) is 49.3 Å². The summed E-state index contributed by atoms with van der Waals surface area (Å²) in [5.41, 5.74) is 7.43. The molecule has 2 aromatic rings. The van der Waals surface area contributed by atoms with E-state index in [1.807, 2.05) is 0 Å². The standard InChI is InChI=1S/C27H36N4O4S2/c1-5-30-11-10-20-21(14-30)36-25(22(20)23(28)32)29-24(33)17-6-8-19(9-7-17)37(34,35)31-16-27(4)13-18(31)12-26(2,3)15-27/h6-9,18H,5,10-16H2,1-4H3,(H2,28,32)(H,29,33)/t18-,27+/m0/s1. The third-order valence-electron chi connectivity index (χ3n) is 8.15. The molecule has 1 aromatic heterocycles. The number of nitrogens with two attached hydrogens (primary N) is 1. The number of nitrogens with one attached hydrogen (secondary N) is 1. The number of hydrogen-bond acceptors (Lipinski definition) is 6. The van der Waals surface area contributed by atoms with Gasteiger partial charge in [0, 0.05) is 36.1 Å². The van der Waals surface area contributed by atoms with Gasteiger partial charge >= 0.3 is 0 Å². The van der Waals surface area contributed by atoms with Crippen LogP contribution in [0, 0.1) is 10.8 Å². The van der Waals surface area contributed by atoms with E-state index in [4.69, 9.17) is 5.73 Å². The number of sulfonamides is 1. The first-order chi connectivity index (χ1) is 17.3. The Labute approximate surface area is 223 Å². The molecule has 1 saturated heterocycles. The van der Waals surface area contributed by atoms with Gasteiger partial charge in [-0.2, -0.15) is 4.31 Å². The fourth-order valence-electron chi connectivity index (χ4n) is 6.85. The smallest absolute Gasteiger partial charge is 0.256 e. The minimum atomic E-state index is -3.67. The summed E-state index contributed by atoms with van der Waals surface area (Å²) in [5, 5.41) is 3.31. The fourth-order valence-corrected chi connectivity index (χ4v) is 9.92. The monoisotopic (exact) mass is 544 g/mol. The molecule has 3 heterocycles. The van der Waals surface area contributed by atoms with Crippen molar-refractivity contribution in [3.8, 4) is 0 Å². The highest BCUT2D eigenvalue weighted by Gasteiger charge is 2.53. The Balaban J connectivity index is 1.35. The van der Waals surface area contributed by atoms with Crippen molar-refractivity contribution in [1.82, 2.24) is 9.21 Å². The summed E-state index contributed by atoms with van der Waals surface area (Å²) in [6.45, 7) is 11.7. The summed E-state index contributed by atoms with van der Waals surface area (Å²) in [7, 11) is -3.67. The van der Waals surface area contributed by atoms with E-state index in [0.29, 0.717) is 29.1 Å². The molecule has 37 heavy (non-hydrogen) atoms. The molecule has 2 aliphatic heterocycles. The van der Waals surface area contributed by atoms with Crippen molar-refractivity contribution < 1.29 is 18.0 Å². The van der Waals surface area contributed by atoms with Crippen molar-refractivity contribution in [2.75, 3.05) is 25.0 Å². The van der Waals surface area contributed by atoms with E-state index in [1.54, 1.807) is 4.31 Å². The van der Waals surface area contributed by atoms with Crippen molar-refractivity contribution in [2.24, 2.45) is 16.6 Å². The van der Waals surface area contributed by atoms with Crippen LogP contribution in [0.25, 0.3) is 0 Å². The zero-order chi connectivity index (χ0) is 26.8. The van der Waals surface area contributed by atoms with Gasteiger partial charge in [0.05, 0.1) is 10.5 Å². The van der Waals surface area contributed by atoms with E-state index in [-0.39, 0.29) is 21.8 Å². The highest BCUT2D eigenvalue weighted by Crippen LogP contribution is 2.53. The van der Waals surface area contributed by atoms with Gasteiger partial charge in [0.1, 0.15) is 5.00 Å². The summed E-state index contributed by atoms with van der Waals surface area (Å²) in [5.74, 6) is -0.949. The number of carbonyl (C=O) groups excluding carboxylic acids is 2. The third-order valence-corrected chi connectivity index (χ3v) is 11.2. The van der Waals surface area contributed by atoms with Crippen LogP contribution in [0.15, 0.2) is 29.2 Å². The predicted octanol–water partition coefficient (Wildman–Crippen LogP) is 4.07. The molecule has 8 nitrogen and oxygen atoms in total. The van der Waals surface area contributed by atoms with Crippen molar-refractivity contribution in [3.63, 3.8) is 0 Å². The Morgan fingerprint density at radius 1 is 1.16 bits per heavy atom. The van der Waals surface area contributed by atoms with Crippen LogP contribution in [-0.2, 0) is 23.0 Å². The molecule has 2 bridgehead atoms. The van der Waals surface area contributed by atoms with Crippen LogP contribution >= 0.6 is 11.3 Å². The molecule has 1 aromatic carbocycles. The van der Waals surface area contributed by atoms with Gasteiger partial charge in [-0.1, -0.05) is 27.7 Å². The number of anilines is 1.